The molecule has 0 aliphatic carbocycles. The van der Waals surface area contributed by atoms with Crippen LogP contribution in [0.3, 0.4) is 0 Å². The molecule has 1 atom stereocenters. The maximum absolute atomic E-state index is 6.28. The summed E-state index contributed by atoms with van der Waals surface area (Å²) in [5, 5.41) is 0. The van der Waals surface area contributed by atoms with E-state index in [4.69, 9.17) is 14.2 Å². The van der Waals surface area contributed by atoms with Crippen molar-refractivity contribution in [2.24, 2.45) is 0 Å². The van der Waals surface area contributed by atoms with Gasteiger partial charge in [0.05, 0.1) is 13.2 Å². The van der Waals surface area contributed by atoms with Crippen molar-refractivity contribution in [3.8, 4) is 0 Å². The molecular formula is C41H84O3. The summed E-state index contributed by atoms with van der Waals surface area (Å²) < 4.78 is 18.5. The highest BCUT2D eigenvalue weighted by Crippen LogP contribution is 2.14. The van der Waals surface area contributed by atoms with E-state index in [9.17, 15) is 0 Å². The number of hydrogen-bond acceptors (Lipinski definition) is 3. The Balaban J connectivity index is 3.89. The molecule has 0 bridgehead atoms. The van der Waals surface area contributed by atoms with Crippen molar-refractivity contribution in [2.75, 3.05) is 33.0 Å². The standard InChI is InChI=1S/C41H84O3/c1-4-7-10-13-16-19-22-23-25-28-31-34-37-43-40-41(44-38-35-32-29-26-21-18-15-12-9-6-3)39-42-36-33-30-27-24-20-17-14-11-8-5-2/h41H,4-40H2,1-3H3. The molecule has 0 N–H and O–H groups in total. The topological polar surface area (TPSA) is 27.7 Å². The first-order valence-corrected chi connectivity index (χ1v) is 20.6. The highest BCUT2D eigenvalue weighted by Gasteiger charge is 2.10. The van der Waals surface area contributed by atoms with Gasteiger partial charge in [-0.2, -0.15) is 0 Å². The van der Waals surface area contributed by atoms with Crippen molar-refractivity contribution >= 4 is 0 Å². The van der Waals surface area contributed by atoms with E-state index in [1.807, 2.05) is 0 Å². The fraction of sp³-hybridized carbons (Fsp3) is 1.00. The first-order chi connectivity index (χ1) is 21.8. The largest absolute Gasteiger partial charge is 0.379 e. The average Bonchev–Trinajstić information content (AvgIpc) is 3.03. The lowest BCUT2D eigenvalue weighted by Crippen LogP contribution is -2.26. The lowest BCUT2D eigenvalue weighted by molar-refractivity contribution is -0.0616. The molecule has 0 saturated heterocycles. The van der Waals surface area contributed by atoms with Crippen LogP contribution in [0, 0.1) is 0 Å². The Hall–Kier alpha value is -0.120. The summed E-state index contributed by atoms with van der Waals surface area (Å²) in [5.41, 5.74) is 0. The zero-order valence-electron chi connectivity index (χ0n) is 31.0. The summed E-state index contributed by atoms with van der Waals surface area (Å²) in [4.78, 5) is 0. The Morgan fingerprint density at radius 1 is 0.273 bits per heavy atom. The molecule has 0 spiro atoms. The fourth-order valence-electron chi connectivity index (χ4n) is 6.15. The van der Waals surface area contributed by atoms with Gasteiger partial charge in [-0.3, -0.25) is 0 Å². The molecule has 0 amide bonds. The van der Waals surface area contributed by atoms with Crippen LogP contribution < -0.4 is 0 Å². The number of unbranched alkanes of at least 4 members (excludes halogenated alkanes) is 29. The number of hydrogen-bond donors (Lipinski definition) is 0. The van der Waals surface area contributed by atoms with Gasteiger partial charge in [0.2, 0.25) is 0 Å². The molecular weight excluding hydrogens is 540 g/mol. The quantitative estimate of drug-likeness (QED) is 0.0635. The molecule has 0 heterocycles. The monoisotopic (exact) mass is 625 g/mol. The minimum absolute atomic E-state index is 0.0917. The van der Waals surface area contributed by atoms with E-state index in [1.165, 1.54) is 205 Å². The van der Waals surface area contributed by atoms with Gasteiger partial charge in [-0.1, -0.05) is 207 Å². The van der Waals surface area contributed by atoms with E-state index >= 15 is 0 Å². The van der Waals surface area contributed by atoms with Crippen LogP contribution in [0.5, 0.6) is 0 Å². The summed E-state index contributed by atoms with van der Waals surface area (Å²) in [5.74, 6) is 0. The molecule has 44 heavy (non-hydrogen) atoms. The first kappa shape index (κ1) is 43.9. The van der Waals surface area contributed by atoms with E-state index in [2.05, 4.69) is 20.8 Å². The summed E-state index contributed by atoms with van der Waals surface area (Å²) in [7, 11) is 0. The van der Waals surface area contributed by atoms with Gasteiger partial charge in [0.1, 0.15) is 6.10 Å². The number of ether oxygens (including phenoxy) is 3. The van der Waals surface area contributed by atoms with Gasteiger partial charge in [-0.15, -0.1) is 0 Å². The van der Waals surface area contributed by atoms with Gasteiger partial charge in [-0.05, 0) is 19.3 Å². The van der Waals surface area contributed by atoms with Crippen molar-refractivity contribution in [3.63, 3.8) is 0 Å². The van der Waals surface area contributed by atoms with Crippen molar-refractivity contribution < 1.29 is 14.2 Å². The molecule has 0 fully saturated rings. The number of rotatable bonds is 40. The SMILES string of the molecule is CCCCCCCCCCCCCCOCC(COCCCCCCCCCCCC)OCCCCCCCCCCCC. The van der Waals surface area contributed by atoms with E-state index in [0.717, 1.165) is 19.8 Å². The molecule has 0 saturated carbocycles. The Kier molecular flexibility index (Phi) is 40.8. The zero-order valence-corrected chi connectivity index (χ0v) is 31.0. The molecule has 0 radical (unpaired) electrons. The Morgan fingerprint density at radius 3 is 0.773 bits per heavy atom. The van der Waals surface area contributed by atoms with Crippen LogP contribution in [-0.4, -0.2) is 39.1 Å². The predicted molar refractivity (Wildman–Crippen MR) is 196 cm³/mol. The minimum atomic E-state index is 0.0917. The Labute approximate surface area is 279 Å². The highest BCUT2D eigenvalue weighted by molar-refractivity contribution is 4.58. The highest BCUT2D eigenvalue weighted by atomic mass is 16.6. The van der Waals surface area contributed by atoms with Crippen LogP contribution in [0.25, 0.3) is 0 Å². The first-order valence-electron chi connectivity index (χ1n) is 20.6. The van der Waals surface area contributed by atoms with E-state index in [0.29, 0.717) is 13.2 Å². The molecule has 3 nitrogen and oxygen atoms in total. The molecule has 0 aromatic heterocycles. The molecule has 3 heteroatoms. The van der Waals surface area contributed by atoms with Gasteiger partial charge >= 0.3 is 0 Å². The maximum atomic E-state index is 6.28. The summed E-state index contributed by atoms with van der Waals surface area (Å²) >= 11 is 0. The van der Waals surface area contributed by atoms with Gasteiger partial charge in [0.25, 0.3) is 0 Å². The molecule has 266 valence electrons. The predicted octanol–water partition coefficient (Wildman–Crippen LogP) is 13.9. The molecule has 0 aromatic rings. The van der Waals surface area contributed by atoms with E-state index in [-0.39, 0.29) is 6.10 Å². The summed E-state index contributed by atoms with van der Waals surface area (Å²) in [6, 6.07) is 0. The van der Waals surface area contributed by atoms with Crippen LogP contribution in [0.4, 0.5) is 0 Å². The Morgan fingerprint density at radius 2 is 0.500 bits per heavy atom. The average molecular weight is 625 g/mol. The third kappa shape index (κ3) is 38.1. The van der Waals surface area contributed by atoms with Crippen molar-refractivity contribution in [1.82, 2.24) is 0 Å². The summed E-state index contributed by atoms with van der Waals surface area (Å²) in [6.45, 7) is 10.9. The van der Waals surface area contributed by atoms with Gasteiger partial charge < -0.3 is 14.2 Å². The third-order valence-corrected chi connectivity index (χ3v) is 9.24. The van der Waals surface area contributed by atoms with E-state index in [1.54, 1.807) is 0 Å². The van der Waals surface area contributed by atoms with Gasteiger partial charge in [0.15, 0.2) is 0 Å². The molecule has 0 aliphatic heterocycles. The smallest absolute Gasteiger partial charge is 0.104 e. The lowest BCUT2D eigenvalue weighted by Gasteiger charge is -2.18. The van der Waals surface area contributed by atoms with Crippen LogP contribution in [0.1, 0.15) is 226 Å². The Bertz CT molecular complexity index is 482. The van der Waals surface area contributed by atoms with Gasteiger partial charge in [-0.25, -0.2) is 0 Å². The second kappa shape index (κ2) is 40.9. The second-order valence-corrected chi connectivity index (χ2v) is 13.9. The van der Waals surface area contributed by atoms with Crippen LogP contribution in [0.15, 0.2) is 0 Å². The zero-order chi connectivity index (χ0) is 31.9. The second-order valence-electron chi connectivity index (χ2n) is 13.9. The van der Waals surface area contributed by atoms with Crippen molar-refractivity contribution in [1.29, 1.82) is 0 Å². The molecule has 0 rings (SSSR count). The van der Waals surface area contributed by atoms with Crippen LogP contribution in [0.2, 0.25) is 0 Å². The van der Waals surface area contributed by atoms with Crippen LogP contribution in [-0.2, 0) is 14.2 Å². The molecule has 0 aromatic carbocycles. The fourth-order valence-corrected chi connectivity index (χ4v) is 6.15. The van der Waals surface area contributed by atoms with Crippen molar-refractivity contribution in [3.05, 3.63) is 0 Å². The van der Waals surface area contributed by atoms with Gasteiger partial charge in [0, 0.05) is 19.8 Å². The summed E-state index contributed by atoms with van der Waals surface area (Å²) in [6.07, 6.45) is 44.0. The maximum Gasteiger partial charge on any atom is 0.104 e. The molecule has 1 unspecified atom stereocenters. The van der Waals surface area contributed by atoms with Crippen LogP contribution >= 0.6 is 0 Å². The third-order valence-electron chi connectivity index (χ3n) is 9.24. The van der Waals surface area contributed by atoms with E-state index < -0.39 is 0 Å². The minimum Gasteiger partial charge on any atom is -0.379 e. The molecule has 0 aliphatic rings. The normalized spacial score (nSPS) is 12.3. The lowest BCUT2D eigenvalue weighted by atomic mass is 10.1. The van der Waals surface area contributed by atoms with Crippen molar-refractivity contribution in [2.45, 2.75) is 232 Å².